The van der Waals surface area contributed by atoms with E-state index in [2.05, 4.69) is 38.5 Å². The molecule has 0 amide bonds. The van der Waals surface area contributed by atoms with Crippen molar-refractivity contribution in [2.24, 2.45) is 4.99 Å². The summed E-state index contributed by atoms with van der Waals surface area (Å²) in [6, 6.07) is 8.14. The van der Waals surface area contributed by atoms with Crippen LogP contribution in [0.5, 0.6) is 11.5 Å². The summed E-state index contributed by atoms with van der Waals surface area (Å²) in [5.74, 6) is 2.41. The summed E-state index contributed by atoms with van der Waals surface area (Å²) in [7, 11) is 3.47. The van der Waals surface area contributed by atoms with Crippen molar-refractivity contribution >= 4 is 17.3 Å². The van der Waals surface area contributed by atoms with E-state index >= 15 is 0 Å². The van der Waals surface area contributed by atoms with Crippen LogP contribution in [0.25, 0.3) is 0 Å². The van der Waals surface area contributed by atoms with Crippen LogP contribution in [-0.4, -0.2) is 26.2 Å². The standard InChI is InChI=1S/C20H27N3O2S/c1-21-20(22-12-15-10-11-26-14-15)23-13-16-6-5-9-18(24-2)19(16)25-17-7-3-4-8-17/h5-6,9-11,14,17H,3-4,7-8,12-13H2,1-2H3,(H2,21,22,23). The number of hydrogen-bond acceptors (Lipinski definition) is 4. The van der Waals surface area contributed by atoms with Crippen LogP contribution < -0.4 is 20.1 Å². The van der Waals surface area contributed by atoms with Gasteiger partial charge in [-0.15, -0.1) is 0 Å². The third kappa shape index (κ3) is 4.91. The van der Waals surface area contributed by atoms with Gasteiger partial charge >= 0.3 is 0 Å². The van der Waals surface area contributed by atoms with Gasteiger partial charge in [0.15, 0.2) is 17.5 Å². The van der Waals surface area contributed by atoms with E-state index in [-0.39, 0.29) is 0 Å². The van der Waals surface area contributed by atoms with Gasteiger partial charge in [-0.05, 0) is 54.1 Å². The molecule has 26 heavy (non-hydrogen) atoms. The van der Waals surface area contributed by atoms with E-state index in [1.807, 2.05) is 12.1 Å². The number of nitrogens with one attached hydrogen (secondary N) is 2. The van der Waals surface area contributed by atoms with Gasteiger partial charge in [-0.1, -0.05) is 12.1 Å². The van der Waals surface area contributed by atoms with Crippen molar-refractivity contribution in [2.45, 2.75) is 44.9 Å². The molecule has 0 aliphatic heterocycles. The molecule has 2 aromatic rings. The number of para-hydroxylation sites is 1. The molecule has 1 fully saturated rings. The molecule has 0 radical (unpaired) electrons. The highest BCUT2D eigenvalue weighted by Crippen LogP contribution is 2.34. The van der Waals surface area contributed by atoms with Crippen molar-refractivity contribution < 1.29 is 9.47 Å². The number of aliphatic imine (C=N–C) groups is 1. The SMILES string of the molecule is CN=C(NCc1ccsc1)NCc1cccc(OC)c1OC1CCCC1. The lowest BCUT2D eigenvalue weighted by molar-refractivity contribution is 0.198. The number of guanidine groups is 1. The molecule has 1 saturated carbocycles. The smallest absolute Gasteiger partial charge is 0.191 e. The topological polar surface area (TPSA) is 54.9 Å². The highest BCUT2D eigenvalue weighted by Gasteiger charge is 2.20. The Balaban J connectivity index is 1.63. The lowest BCUT2D eigenvalue weighted by Crippen LogP contribution is -2.36. The van der Waals surface area contributed by atoms with Crippen LogP contribution in [0, 0.1) is 0 Å². The lowest BCUT2D eigenvalue weighted by atomic mass is 10.1. The molecule has 1 heterocycles. The average molecular weight is 374 g/mol. The molecule has 5 nitrogen and oxygen atoms in total. The predicted molar refractivity (Wildman–Crippen MR) is 107 cm³/mol. The number of thiophene rings is 1. The molecular weight excluding hydrogens is 346 g/mol. The van der Waals surface area contributed by atoms with Crippen molar-refractivity contribution in [3.05, 3.63) is 46.2 Å². The van der Waals surface area contributed by atoms with E-state index in [4.69, 9.17) is 9.47 Å². The number of benzene rings is 1. The minimum absolute atomic E-state index is 0.293. The second-order valence-corrected chi connectivity index (χ2v) is 7.16. The number of nitrogens with zero attached hydrogens (tertiary/aromatic N) is 1. The molecule has 0 bridgehead atoms. The first-order valence-corrected chi connectivity index (χ1v) is 10.0. The Hall–Kier alpha value is -2.21. The van der Waals surface area contributed by atoms with Gasteiger partial charge in [0.05, 0.1) is 13.2 Å². The van der Waals surface area contributed by atoms with Crippen LogP contribution in [0.2, 0.25) is 0 Å². The Bertz CT molecular complexity index is 710. The summed E-state index contributed by atoms with van der Waals surface area (Å²) >= 11 is 1.70. The summed E-state index contributed by atoms with van der Waals surface area (Å²) in [5, 5.41) is 10.9. The number of methoxy groups -OCH3 is 1. The van der Waals surface area contributed by atoms with E-state index in [9.17, 15) is 0 Å². The third-order valence-corrected chi connectivity index (χ3v) is 5.31. The Morgan fingerprint density at radius 1 is 1.19 bits per heavy atom. The second-order valence-electron chi connectivity index (χ2n) is 6.38. The highest BCUT2D eigenvalue weighted by molar-refractivity contribution is 7.07. The fourth-order valence-corrected chi connectivity index (χ4v) is 3.82. The van der Waals surface area contributed by atoms with E-state index in [0.717, 1.165) is 42.4 Å². The first-order valence-electron chi connectivity index (χ1n) is 9.08. The van der Waals surface area contributed by atoms with Gasteiger partial charge in [-0.25, -0.2) is 0 Å². The molecule has 2 N–H and O–H groups in total. The predicted octanol–water partition coefficient (Wildman–Crippen LogP) is 3.94. The first-order chi connectivity index (χ1) is 12.8. The van der Waals surface area contributed by atoms with Gasteiger partial charge in [0.1, 0.15) is 0 Å². The normalized spacial score (nSPS) is 15.1. The maximum atomic E-state index is 6.29. The van der Waals surface area contributed by atoms with Crippen LogP contribution in [0.15, 0.2) is 40.0 Å². The van der Waals surface area contributed by atoms with Crippen LogP contribution in [0.4, 0.5) is 0 Å². The van der Waals surface area contributed by atoms with Gasteiger partial charge in [0.2, 0.25) is 0 Å². The number of rotatable bonds is 7. The average Bonchev–Trinajstić information content (AvgIpc) is 3.36. The second kappa shape index (κ2) is 9.48. The Kier molecular flexibility index (Phi) is 6.77. The highest BCUT2D eigenvalue weighted by atomic mass is 32.1. The molecule has 0 atom stereocenters. The van der Waals surface area contributed by atoms with E-state index in [1.165, 1.54) is 18.4 Å². The summed E-state index contributed by atoms with van der Waals surface area (Å²) in [5.41, 5.74) is 2.33. The Morgan fingerprint density at radius 3 is 2.69 bits per heavy atom. The minimum atomic E-state index is 0.293. The van der Waals surface area contributed by atoms with Crippen LogP contribution in [0.1, 0.15) is 36.8 Å². The summed E-state index contributed by atoms with van der Waals surface area (Å²) in [6.07, 6.45) is 5.02. The number of hydrogen-bond donors (Lipinski definition) is 2. The Morgan fingerprint density at radius 2 is 2.00 bits per heavy atom. The van der Waals surface area contributed by atoms with Gasteiger partial charge in [0.25, 0.3) is 0 Å². The fraction of sp³-hybridized carbons (Fsp3) is 0.450. The molecule has 140 valence electrons. The zero-order valence-electron chi connectivity index (χ0n) is 15.5. The molecule has 3 rings (SSSR count). The van der Waals surface area contributed by atoms with Crippen LogP contribution in [-0.2, 0) is 13.1 Å². The van der Waals surface area contributed by atoms with Crippen molar-refractivity contribution in [1.82, 2.24) is 10.6 Å². The molecule has 1 aromatic carbocycles. The van der Waals surface area contributed by atoms with E-state index in [1.54, 1.807) is 25.5 Å². The maximum Gasteiger partial charge on any atom is 0.191 e. The molecule has 1 aromatic heterocycles. The van der Waals surface area contributed by atoms with Crippen molar-refractivity contribution in [2.75, 3.05) is 14.2 Å². The molecule has 0 saturated heterocycles. The molecule has 0 unspecified atom stereocenters. The molecule has 1 aliphatic rings. The van der Waals surface area contributed by atoms with Crippen molar-refractivity contribution in [1.29, 1.82) is 0 Å². The maximum absolute atomic E-state index is 6.29. The molecule has 0 spiro atoms. The van der Waals surface area contributed by atoms with Crippen molar-refractivity contribution in [3.8, 4) is 11.5 Å². The summed E-state index contributed by atoms with van der Waals surface area (Å²) in [6.45, 7) is 1.38. The zero-order chi connectivity index (χ0) is 18.2. The molecular formula is C20H27N3O2S. The number of ether oxygens (including phenoxy) is 2. The lowest BCUT2D eigenvalue weighted by Gasteiger charge is -2.20. The van der Waals surface area contributed by atoms with Crippen LogP contribution in [0.3, 0.4) is 0 Å². The minimum Gasteiger partial charge on any atom is -0.493 e. The van der Waals surface area contributed by atoms with E-state index in [0.29, 0.717) is 12.6 Å². The monoisotopic (exact) mass is 373 g/mol. The quantitative estimate of drug-likeness (QED) is 0.570. The van der Waals surface area contributed by atoms with Crippen LogP contribution >= 0.6 is 11.3 Å². The van der Waals surface area contributed by atoms with Crippen molar-refractivity contribution in [3.63, 3.8) is 0 Å². The summed E-state index contributed by atoms with van der Waals surface area (Å²) < 4.78 is 11.8. The summed E-state index contributed by atoms with van der Waals surface area (Å²) in [4.78, 5) is 4.30. The van der Waals surface area contributed by atoms with Gasteiger partial charge in [-0.2, -0.15) is 11.3 Å². The Labute approximate surface area is 159 Å². The van der Waals surface area contributed by atoms with Gasteiger partial charge in [-0.3, -0.25) is 4.99 Å². The molecule has 1 aliphatic carbocycles. The van der Waals surface area contributed by atoms with E-state index < -0.39 is 0 Å². The zero-order valence-corrected chi connectivity index (χ0v) is 16.3. The molecule has 6 heteroatoms. The largest absolute Gasteiger partial charge is 0.493 e. The first kappa shape index (κ1) is 18.6. The van der Waals surface area contributed by atoms with Gasteiger partial charge < -0.3 is 20.1 Å². The third-order valence-electron chi connectivity index (χ3n) is 4.58. The fourth-order valence-electron chi connectivity index (χ4n) is 3.15. The van der Waals surface area contributed by atoms with Gasteiger partial charge in [0, 0.05) is 25.7 Å².